The fourth-order valence-corrected chi connectivity index (χ4v) is 1.61. The highest BCUT2D eigenvalue weighted by Gasteiger charge is 2.01. The van der Waals surface area contributed by atoms with Crippen LogP contribution in [-0.4, -0.2) is 6.61 Å². The van der Waals surface area contributed by atoms with Gasteiger partial charge >= 0.3 is 0 Å². The van der Waals surface area contributed by atoms with Gasteiger partial charge in [-0.1, -0.05) is 36.2 Å². The van der Waals surface area contributed by atoms with Gasteiger partial charge in [0, 0.05) is 4.47 Å². The largest absolute Gasteiger partial charge is 0.493 e. The van der Waals surface area contributed by atoms with Crippen molar-refractivity contribution in [1.29, 1.82) is 0 Å². The van der Waals surface area contributed by atoms with E-state index in [0.29, 0.717) is 5.92 Å². The monoisotopic (exact) mass is 256 g/mol. The summed E-state index contributed by atoms with van der Waals surface area (Å²) in [4.78, 5) is 0. The minimum Gasteiger partial charge on any atom is -0.493 e. The minimum absolute atomic E-state index is 0.642. The molecular formula is C12H17BrO. The Morgan fingerprint density at radius 3 is 2.50 bits per heavy atom. The molecule has 0 bridgehead atoms. The second kappa shape index (κ2) is 6.07. The molecule has 0 aliphatic carbocycles. The minimum atomic E-state index is 0.642. The summed E-state index contributed by atoms with van der Waals surface area (Å²) in [5, 5.41) is 0. The zero-order chi connectivity index (χ0) is 10.4. The first-order valence-corrected chi connectivity index (χ1v) is 5.90. The first-order valence-electron chi connectivity index (χ1n) is 5.10. The summed E-state index contributed by atoms with van der Waals surface area (Å²) >= 11 is 3.39. The van der Waals surface area contributed by atoms with E-state index in [1.165, 1.54) is 12.8 Å². The van der Waals surface area contributed by atoms with Gasteiger partial charge in [-0.25, -0.2) is 0 Å². The molecule has 0 radical (unpaired) electrons. The van der Waals surface area contributed by atoms with Gasteiger partial charge in [0.2, 0.25) is 0 Å². The van der Waals surface area contributed by atoms with Crippen molar-refractivity contribution in [3.8, 4) is 5.75 Å². The second-order valence-corrected chi connectivity index (χ2v) is 4.57. The van der Waals surface area contributed by atoms with E-state index in [1.807, 2.05) is 24.3 Å². The Labute approximate surface area is 94.6 Å². The molecule has 0 aliphatic heterocycles. The summed E-state index contributed by atoms with van der Waals surface area (Å²) in [6, 6.07) is 7.98. The van der Waals surface area contributed by atoms with Crippen LogP contribution in [0.5, 0.6) is 5.75 Å². The van der Waals surface area contributed by atoms with Crippen molar-refractivity contribution >= 4 is 15.9 Å². The van der Waals surface area contributed by atoms with Crippen molar-refractivity contribution in [3.05, 3.63) is 28.7 Å². The van der Waals surface area contributed by atoms with E-state index in [9.17, 15) is 0 Å². The van der Waals surface area contributed by atoms with Crippen LogP contribution in [0.15, 0.2) is 28.7 Å². The lowest BCUT2D eigenvalue weighted by molar-refractivity contribution is 0.251. The van der Waals surface area contributed by atoms with Gasteiger partial charge in [-0.05, 0) is 36.6 Å². The maximum Gasteiger partial charge on any atom is 0.119 e. The van der Waals surface area contributed by atoms with Gasteiger partial charge in [0.15, 0.2) is 0 Å². The normalized spacial score (nSPS) is 12.5. The smallest absolute Gasteiger partial charge is 0.119 e. The molecule has 0 saturated carbocycles. The van der Waals surface area contributed by atoms with E-state index in [1.54, 1.807) is 0 Å². The number of hydrogen-bond donors (Lipinski definition) is 0. The molecule has 78 valence electrons. The van der Waals surface area contributed by atoms with Gasteiger partial charge < -0.3 is 4.74 Å². The van der Waals surface area contributed by atoms with Crippen molar-refractivity contribution in [1.82, 2.24) is 0 Å². The van der Waals surface area contributed by atoms with E-state index in [2.05, 4.69) is 29.8 Å². The fraction of sp³-hybridized carbons (Fsp3) is 0.500. The quantitative estimate of drug-likeness (QED) is 0.765. The maximum absolute atomic E-state index is 5.65. The van der Waals surface area contributed by atoms with Gasteiger partial charge in [-0.3, -0.25) is 0 Å². The lowest BCUT2D eigenvalue weighted by atomic mass is 10.1. The van der Waals surface area contributed by atoms with Gasteiger partial charge in [0.05, 0.1) is 6.61 Å². The predicted octanol–water partition coefficient (Wildman–Crippen LogP) is 4.26. The molecule has 0 spiro atoms. The summed E-state index contributed by atoms with van der Waals surface area (Å²) in [5.74, 6) is 1.60. The van der Waals surface area contributed by atoms with Crippen LogP contribution in [0, 0.1) is 5.92 Å². The summed E-state index contributed by atoms with van der Waals surface area (Å²) in [6.45, 7) is 5.24. The first-order chi connectivity index (χ1) is 6.72. The molecule has 1 aromatic carbocycles. The van der Waals surface area contributed by atoms with Crippen molar-refractivity contribution in [2.45, 2.75) is 26.7 Å². The van der Waals surface area contributed by atoms with E-state index in [-0.39, 0.29) is 0 Å². The predicted molar refractivity (Wildman–Crippen MR) is 63.7 cm³/mol. The SMILES string of the molecule is CCCC(C)COc1ccc(Br)cc1. The number of hydrogen-bond acceptors (Lipinski definition) is 1. The van der Waals surface area contributed by atoms with Crippen molar-refractivity contribution in [2.75, 3.05) is 6.61 Å². The summed E-state index contributed by atoms with van der Waals surface area (Å²) in [6.07, 6.45) is 2.46. The summed E-state index contributed by atoms with van der Waals surface area (Å²) in [7, 11) is 0. The Kier molecular flexibility index (Phi) is 5.02. The van der Waals surface area contributed by atoms with Crippen LogP contribution < -0.4 is 4.74 Å². The van der Waals surface area contributed by atoms with Crippen LogP contribution in [0.3, 0.4) is 0 Å². The van der Waals surface area contributed by atoms with Crippen LogP contribution in [-0.2, 0) is 0 Å². The lowest BCUT2D eigenvalue weighted by Gasteiger charge is -2.11. The molecule has 1 aromatic rings. The average molecular weight is 257 g/mol. The molecule has 1 nitrogen and oxygen atoms in total. The van der Waals surface area contributed by atoms with Crippen LogP contribution in [0.2, 0.25) is 0 Å². The summed E-state index contributed by atoms with van der Waals surface area (Å²) < 4.78 is 6.74. The Bertz CT molecular complexity index is 256. The highest BCUT2D eigenvalue weighted by Crippen LogP contribution is 2.17. The Morgan fingerprint density at radius 2 is 1.93 bits per heavy atom. The van der Waals surface area contributed by atoms with Crippen molar-refractivity contribution < 1.29 is 4.74 Å². The molecule has 0 aliphatic rings. The maximum atomic E-state index is 5.65. The van der Waals surface area contributed by atoms with E-state index in [4.69, 9.17) is 4.74 Å². The fourth-order valence-electron chi connectivity index (χ4n) is 1.35. The number of ether oxygens (including phenoxy) is 1. The first kappa shape index (κ1) is 11.6. The van der Waals surface area contributed by atoms with Crippen LogP contribution in [0.1, 0.15) is 26.7 Å². The molecule has 0 N–H and O–H groups in total. The Balaban J connectivity index is 2.34. The third-order valence-electron chi connectivity index (χ3n) is 2.13. The topological polar surface area (TPSA) is 9.23 Å². The Hall–Kier alpha value is -0.500. The third kappa shape index (κ3) is 4.14. The molecule has 0 heterocycles. The van der Waals surface area contributed by atoms with Crippen LogP contribution >= 0.6 is 15.9 Å². The lowest BCUT2D eigenvalue weighted by Crippen LogP contribution is -2.07. The van der Waals surface area contributed by atoms with E-state index >= 15 is 0 Å². The number of halogens is 1. The zero-order valence-electron chi connectivity index (χ0n) is 8.79. The van der Waals surface area contributed by atoms with Crippen molar-refractivity contribution in [2.24, 2.45) is 5.92 Å². The molecule has 14 heavy (non-hydrogen) atoms. The standard InChI is InChI=1S/C12H17BrO/c1-3-4-10(2)9-14-12-7-5-11(13)6-8-12/h5-8,10H,3-4,9H2,1-2H3. The number of rotatable bonds is 5. The molecule has 0 fully saturated rings. The van der Waals surface area contributed by atoms with Crippen molar-refractivity contribution in [3.63, 3.8) is 0 Å². The number of benzene rings is 1. The van der Waals surface area contributed by atoms with Gasteiger partial charge in [-0.15, -0.1) is 0 Å². The third-order valence-corrected chi connectivity index (χ3v) is 2.66. The van der Waals surface area contributed by atoms with Gasteiger partial charge in [0.25, 0.3) is 0 Å². The molecule has 0 saturated heterocycles. The molecule has 0 aromatic heterocycles. The molecular weight excluding hydrogens is 240 g/mol. The second-order valence-electron chi connectivity index (χ2n) is 3.66. The zero-order valence-corrected chi connectivity index (χ0v) is 10.4. The van der Waals surface area contributed by atoms with Crippen LogP contribution in [0.25, 0.3) is 0 Å². The highest BCUT2D eigenvalue weighted by molar-refractivity contribution is 9.10. The van der Waals surface area contributed by atoms with E-state index < -0.39 is 0 Å². The van der Waals surface area contributed by atoms with E-state index in [0.717, 1.165) is 16.8 Å². The molecule has 0 amide bonds. The highest BCUT2D eigenvalue weighted by atomic mass is 79.9. The average Bonchev–Trinajstić information content (AvgIpc) is 2.17. The molecule has 1 rings (SSSR count). The van der Waals surface area contributed by atoms with Crippen LogP contribution in [0.4, 0.5) is 0 Å². The molecule has 1 unspecified atom stereocenters. The van der Waals surface area contributed by atoms with Gasteiger partial charge in [-0.2, -0.15) is 0 Å². The Morgan fingerprint density at radius 1 is 1.29 bits per heavy atom. The van der Waals surface area contributed by atoms with Gasteiger partial charge in [0.1, 0.15) is 5.75 Å². The molecule has 1 atom stereocenters. The summed E-state index contributed by atoms with van der Waals surface area (Å²) in [5.41, 5.74) is 0. The molecule has 2 heteroatoms.